The molecule has 0 fully saturated rings. The number of hydrogen-bond donors (Lipinski definition) is 1. The number of halogens is 1. The van der Waals surface area contributed by atoms with E-state index in [1.54, 1.807) is 24.3 Å². The van der Waals surface area contributed by atoms with E-state index >= 15 is 0 Å². The van der Waals surface area contributed by atoms with Gasteiger partial charge in [-0.25, -0.2) is 4.39 Å². The molecule has 0 aliphatic heterocycles. The van der Waals surface area contributed by atoms with Gasteiger partial charge < -0.3 is 14.8 Å². The molecule has 0 spiro atoms. The number of ether oxygens (including phenoxy) is 2. The van der Waals surface area contributed by atoms with Crippen molar-refractivity contribution >= 4 is 11.6 Å². The van der Waals surface area contributed by atoms with Gasteiger partial charge in [-0.1, -0.05) is 18.2 Å². The number of hydrogen-bond acceptors (Lipinski definition) is 3. The molecule has 25 heavy (non-hydrogen) atoms. The minimum Gasteiger partial charge on any atom is -0.484 e. The van der Waals surface area contributed by atoms with Gasteiger partial charge in [-0.3, -0.25) is 4.79 Å². The van der Waals surface area contributed by atoms with Crippen LogP contribution in [-0.4, -0.2) is 12.5 Å². The maximum Gasteiger partial charge on any atom is 0.262 e. The van der Waals surface area contributed by atoms with Crippen molar-refractivity contribution in [1.82, 2.24) is 0 Å². The highest BCUT2D eigenvalue weighted by Crippen LogP contribution is 2.23. The number of para-hydroxylation sites is 1. The first kappa shape index (κ1) is 16.5. The maximum atomic E-state index is 12.8. The number of rotatable bonds is 6. The molecule has 3 aromatic carbocycles. The van der Waals surface area contributed by atoms with Crippen molar-refractivity contribution in [3.8, 4) is 17.2 Å². The summed E-state index contributed by atoms with van der Waals surface area (Å²) in [7, 11) is 0. The smallest absolute Gasteiger partial charge is 0.262 e. The van der Waals surface area contributed by atoms with Gasteiger partial charge in [-0.2, -0.15) is 0 Å². The van der Waals surface area contributed by atoms with E-state index < -0.39 is 0 Å². The topological polar surface area (TPSA) is 47.6 Å². The van der Waals surface area contributed by atoms with Crippen molar-refractivity contribution in [3.63, 3.8) is 0 Å². The summed E-state index contributed by atoms with van der Waals surface area (Å²) in [4.78, 5) is 11.8. The van der Waals surface area contributed by atoms with Gasteiger partial charge in [-0.15, -0.1) is 0 Å². The van der Waals surface area contributed by atoms with Crippen LogP contribution in [0.15, 0.2) is 78.9 Å². The van der Waals surface area contributed by atoms with Crippen LogP contribution in [-0.2, 0) is 4.79 Å². The largest absolute Gasteiger partial charge is 0.484 e. The molecular weight excluding hydrogens is 321 g/mol. The average Bonchev–Trinajstić information content (AvgIpc) is 2.64. The summed E-state index contributed by atoms with van der Waals surface area (Å²) in [6.45, 7) is -0.143. The molecule has 0 saturated carbocycles. The molecule has 0 atom stereocenters. The van der Waals surface area contributed by atoms with Crippen molar-refractivity contribution in [3.05, 3.63) is 84.7 Å². The van der Waals surface area contributed by atoms with Crippen molar-refractivity contribution < 1.29 is 18.7 Å². The average molecular weight is 337 g/mol. The van der Waals surface area contributed by atoms with E-state index in [4.69, 9.17) is 9.47 Å². The van der Waals surface area contributed by atoms with Crippen molar-refractivity contribution in [2.45, 2.75) is 0 Å². The minimum absolute atomic E-state index is 0.143. The normalized spacial score (nSPS) is 10.1. The van der Waals surface area contributed by atoms with Crippen LogP contribution in [0.1, 0.15) is 0 Å². The van der Waals surface area contributed by atoms with Gasteiger partial charge in [0.2, 0.25) is 0 Å². The van der Waals surface area contributed by atoms with Crippen LogP contribution in [0.4, 0.5) is 10.1 Å². The molecular formula is C20H16FNO3. The first-order valence-electron chi connectivity index (χ1n) is 7.70. The Balaban J connectivity index is 1.49. The fourth-order valence-electron chi connectivity index (χ4n) is 2.11. The standard InChI is InChI=1S/C20H16FNO3/c21-15-6-8-16(9-7-15)22-20(23)14-24-17-10-12-19(13-11-17)25-18-4-2-1-3-5-18/h1-13H,14H2,(H,22,23). The quantitative estimate of drug-likeness (QED) is 0.713. The maximum absolute atomic E-state index is 12.8. The van der Waals surface area contributed by atoms with Crippen LogP contribution in [0.2, 0.25) is 0 Å². The second-order valence-electron chi connectivity index (χ2n) is 5.23. The zero-order valence-electron chi connectivity index (χ0n) is 13.3. The molecule has 0 bridgehead atoms. The Labute approximate surface area is 144 Å². The van der Waals surface area contributed by atoms with Gasteiger partial charge in [0.15, 0.2) is 6.61 Å². The van der Waals surface area contributed by atoms with Gasteiger partial charge in [0.05, 0.1) is 0 Å². The Morgan fingerprint density at radius 1 is 0.800 bits per heavy atom. The Hall–Kier alpha value is -3.34. The Kier molecular flexibility index (Phi) is 5.26. The molecule has 1 N–H and O–H groups in total. The van der Waals surface area contributed by atoms with Crippen LogP contribution < -0.4 is 14.8 Å². The summed E-state index contributed by atoms with van der Waals surface area (Å²) in [5.74, 6) is 1.29. The highest BCUT2D eigenvalue weighted by atomic mass is 19.1. The van der Waals surface area contributed by atoms with Crippen LogP contribution in [0.25, 0.3) is 0 Å². The molecule has 1 amide bonds. The molecule has 0 unspecified atom stereocenters. The molecule has 0 radical (unpaired) electrons. The fourth-order valence-corrected chi connectivity index (χ4v) is 2.11. The number of anilines is 1. The van der Waals surface area contributed by atoms with Gasteiger partial charge in [0.25, 0.3) is 5.91 Å². The third-order valence-electron chi connectivity index (χ3n) is 3.30. The summed E-state index contributed by atoms with van der Waals surface area (Å²) in [5.41, 5.74) is 0.515. The van der Waals surface area contributed by atoms with Crippen molar-refractivity contribution in [2.24, 2.45) is 0 Å². The monoisotopic (exact) mass is 337 g/mol. The third-order valence-corrected chi connectivity index (χ3v) is 3.30. The molecule has 3 aromatic rings. The van der Waals surface area contributed by atoms with Gasteiger partial charge in [0, 0.05) is 5.69 Å². The molecule has 0 aliphatic carbocycles. The van der Waals surface area contributed by atoms with E-state index in [9.17, 15) is 9.18 Å². The Morgan fingerprint density at radius 3 is 2.08 bits per heavy atom. The van der Waals surface area contributed by atoms with Crippen LogP contribution in [0.3, 0.4) is 0 Å². The summed E-state index contributed by atoms with van der Waals surface area (Å²) >= 11 is 0. The molecule has 0 aliphatic rings. The van der Waals surface area contributed by atoms with Gasteiger partial charge >= 0.3 is 0 Å². The van der Waals surface area contributed by atoms with E-state index in [0.717, 1.165) is 5.75 Å². The third kappa shape index (κ3) is 5.07. The molecule has 3 rings (SSSR count). The number of benzene rings is 3. The zero-order chi connectivity index (χ0) is 17.5. The number of carbonyl (C=O) groups is 1. The molecule has 0 saturated heterocycles. The second-order valence-corrected chi connectivity index (χ2v) is 5.23. The van der Waals surface area contributed by atoms with E-state index in [1.165, 1.54) is 24.3 Å². The molecule has 126 valence electrons. The SMILES string of the molecule is O=C(COc1ccc(Oc2ccccc2)cc1)Nc1ccc(F)cc1. The van der Waals surface area contributed by atoms with Crippen LogP contribution in [0.5, 0.6) is 17.2 Å². The highest BCUT2D eigenvalue weighted by molar-refractivity contribution is 5.91. The molecule has 4 nitrogen and oxygen atoms in total. The summed E-state index contributed by atoms with van der Waals surface area (Å²) in [6.07, 6.45) is 0. The number of nitrogens with one attached hydrogen (secondary N) is 1. The first-order valence-corrected chi connectivity index (χ1v) is 7.70. The summed E-state index contributed by atoms with van der Waals surface area (Å²) in [5, 5.41) is 2.63. The summed E-state index contributed by atoms with van der Waals surface area (Å²) < 4.78 is 23.9. The van der Waals surface area contributed by atoms with E-state index in [2.05, 4.69) is 5.32 Å². The Bertz CT molecular complexity index is 818. The van der Waals surface area contributed by atoms with Crippen LogP contribution >= 0.6 is 0 Å². The van der Waals surface area contributed by atoms with E-state index in [0.29, 0.717) is 17.2 Å². The van der Waals surface area contributed by atoms with Crippen molar-refractivity contribution in [1.29, 1.82) is 0 Å². The fraction of sp³-hybridized carbons (Fsp3) is 0.0500. The van der Waals surface area contributed by atoms with Gasteiger partial charge in [0.1, 0.15) is 23.1 Å². The lowest BCUT2D eigenvalue weighted by Crippen LogP contribution is -2.20. The van der Waals surface area contributed by atoms with E-state index in [-0.39, 0.29) is 18.3 Å². The summed E-state index contributed by atoms with van der Waals surface area (Å²) in [6, 6.07) is 22.0. The molecule has 0 aromatic heterocycles. The lowest BCUT2D eigenvalue weighted by atomic mass is 10.3. The first-order chi connectivity index (χ1) is 12.2. The second kappa shape index (κ2) is 7.97. The van der Waals surface area contributed by atoms with Crippen LogP contribution in [0, 0.1) is 5.82 Å². The minimum atomic E-state index is -0.355. The van der Waals surface area contributed by atoms with E-state index in [1.807, 2.05) is 30.3 Å². The number of amides is 1. The van der Waals surface area contributed by atoms with Crippen molar-refractivity contribution in [2.75, 3.05) is 11.9 Å². The highest BCUT2D eigenvalue weighted by Gasteiger charge is 2.04. The lowest BCUT2D eigenvalue weighted by Gasteiger charge is -2.09. The Morgan fingerprint density at radius 2 is 1.40 bits per heavy atom. The predicted octanol–water partition coefficient (Wildman–Crippen LogP) is 4.64. The molecule has 0 heterocycles. The number of carbonyl (C=O) groups excluding carboxylic acids is 1. The lowest BCUT2D eigenvalue weighted by molar-refractivity contribution is -0.118. The van der Waals surface area contributed by atoms with Gasteiger partial charge in [-0.05, 0) is 60.7 Å². The zero-order valence-corrected chi connectivity index (χ0v) is 13.3. The predicted molar refractivity (Wildman–Crippen MR) is 93.5 cm³/mol. The molecule has 5 heteroatoms.